The van der Waals surface area contributed by atoms with Crippen molar-refractivity contribution < 1.29 is 14.4 Å². The maximum atomic E-state index is 12.8. The van der Waals surface area contributed by atoms with Crippen molar-refractivity contribution in [1.82, 2.24) is 4.57 Å². The summed E-state index contributed by atoms with van der Waals surface area (Å²) < 4.78 is 2.12. The fourth-order valence-electron chi connectivity index (χ4n) is 3.66. The van der Waals surface area contributed by atoms with Gasteiger partial charge in [0, 0.05) is 35.6 Å². The molecular weight excluding hydrogens is 402 g/mol. The van der Waals surface area contributed by atoms with Crippen LogP contribution < -0.4 is 10.2 Å². The molecule has 152 valence electrons. The lowest BCUT2D eigenvalue weighted by Gasteiger charge is -2.16. The van der Waals surface area contributed by atoms with Crippen LogP contribution in [0, 0.1) is 13.8 Å². The summed E-state index contributed by atoms with van der Waals surface area (Å²) >= 11 is 6.21. The van der Waals surface area contributed by atoms with Gasteiger partial charge in [-0.25, -0.2) is 0 Å². The van der Waals surface area contributed by atoms with Crippen LogP contribution in [0.5, 0.6) is 0 Å². The Balaban J connectivity index is 1.56. The number of benzene rings is 2. The molecule has 0 aliphatic carbocycles. The Labute approximate surface area is 179 Å². The molecule has 0 unspecified atom stereocenters. The number of aromatic nitrogens is 1. The van der Waals surface area contributed by atoms with Crippen LogP contribution >= 0.6 is 11.6 Å². The number of hydrogen-bond donors (Lipinski definition) is 1. The third kappa shape index (κ3) is 3.62. The van der Waals surface area contributed by atoms with E-state index in [1.807, 2.05) is 38.1 Å². The van der Waals surface area contributed by atoms with Gasteiger partial charge < -0.3 is 9.88 Å². The van der Waals surface area contributed by atoms with E-state index in [4.69, 9.17) is 11.6 Å². The first-order chi connectivity index (χ1) is 14.3. The minimum absolute atomic E-state index is 0.176. The number of aryl methyl sites for hydroxylation is 2. The summed E-state index contributed by atoms with van der Waals surface area (Å²) in [6.45, 7) is 4.07. The lowest BCUT2D eigenvalue weighted by atomic mass is 10.1. The molecule has 0 saturated carbocycles. The second-order valence-electron chi connectivity index (χ2n) is 7.24. The molecule has 6 nitrogen and oxygen atoms in total. The highest BCUT2D eigenvalue weighted by Crippen LogP contribution is 2.28. The highest BCUT2D eigenvalue weighted by molar-refractivity contribution is 6.34. The van der Waals surface area contributed by atoms with Crippen LogP contribution in [-0.4, -0.2) is 22.3 Å². The number of nitrogens with one attached hydrogen (secondary N) is 1. The van der Waals surface area contributed by atoms with E-state index in [0.717, 1.165) is 22.0 Å². The van der Waals surface area contributed by atoms with E-state index in [9.17, 15) is 14.4 Å². The van der Waals surface area contributed by atoms with Gasteiger partial charge in [0.15, 0.2) is 0 Å². The number of imide groups is 1. The Morgan fingerprint density at radius 1 is 0.867 bits per heavy atom. The highest BCUT2D eigenvalue weighted by atomic mass is 35.5. The van der Waals surface area contributed by atoms with Gasteiger partial charge in [-0.05, 0) is 68.4 Å². The summed E-state index contributed by atoms with van der Waals surface area (Å²) in [6.07, 6.45) is 0.353. The second kappa shape index (κ2) is 7.80. The van der Waals surface area contributed by atoms with Crippen LogP contribution in [-0.2, 0) is 9.59 Å². The van der Waals surface area contributed by atoms with Crippen LogP contribution in [0.1, 0.15) is 34.6 Å². The number of anilines is 2. The van der Waals surface area contributed by atoms with Crippen LogP contribution in [0.25, 0.3) is 5.69 Å². The molecule has 2 heterocycles. The number of amides is 3. The van der Waals surface area contributed by atoms with Crippen LogP contribution in [0.4, 0.5) is 11.4 Å². The number of nitrogens with zero attached hydrogens (tertiary/aromatic N) is 2. The van der Waals surface area contributed by atoms with Crippen molar-refractivity contribution in [2.45, 2.75) is 26.7 Å². The molecule has 30 heavy (non-hydrogen) atoms. The van der Waals surface area contributed by atoms with Crippen molar-refractivity contribution >= 4 is 40.7 Å². The zero-order chi connectivity index (χ0) is 21.4. The maximum absolute atomic E-state index is 12.8. The molecule has 4 rings (SSSR count). The predicted molar refractivity (Wildman–Crippen MR) is 116 cm³/mol. The molecule has 1 aliphatic heterocycles. The minimum atomic E-state index is -0.415. The summed E-state index contributed by atoms with van der Waals surface area (Å²) in [6, 6.07) is 16.1. The minimum Gasteiger partial charge on any atom is -0.322 e. The summed E-state index contributed by atoms with van der Waals surface area (Å²) in [5.41, 5.74) is 4.41. The quantitative estimate of drug-likeness (QED) is 0.623. The van der Waals surface area contributed by atoms with Crippen LogP contribution in [0.15, 0.2) is 54.6 Å². The van der Waals surface area contributed by atoms with Gasteiger partial charge in [-0.15, -0.1) is 0 Å². The SMILES string of the molecule is Cc1ccc(C)n1-c1ccc(NC(=O)c2cc(N3C(=O)CCC3=O)ccc2Cl)cc1. The van der Waals surface area contributed by atoms with E-state index in [-0.39, 0.29) is 35.2 Å². The highest BCUT2D eigenvalue weighted by Gasteiger charge is 2.31. The third-order valence-corrected chi connectivity index (χ3v) is 5.49. The molecular formula is C23H20ClN3O3. The van der Waals surface area contributed by atoms with E-state index < -0.39 is 5.91 Å². The molecule has 3 aromatic rings. The summed E-state index contributed by atoms with van der Waals surface area (Å²) in [5, 5.41) is 3.06. The Bertz CT molecular complexity index is 1130. The van der Waals surface area contributed by atoms with E-state index >= 15 is 0 Å². The molecule has 0 atom stereocenters. The van der Waals surface area contributed by atoms with Gasteiger partial charge >= 0.3 is 0 Å². The molecule has 1 aliphatic rings. The average molecular weight is 422 g/mol. The van der Waals surface area contributed by atoms with E-state index in [1.54, 1.807) is 6.07 Å². The molecule has 1 saturated heterocycles. The lowest BCUT2D eigenvalue weighted by molar-refractivity contribution is -0.121. The second-order valence-corrected chi connectivity index (χ2v) is 7.65. The number of carbonyl (C=O) groups excluding carboxylic acids is 3. The van der Waals surface area contributed by atoms with Gasteiger partial charge in [-0.1, -0.05) is 11.6 Å². The Hall–Kier alpha value is -3.38. The topological polar surface area (TPSA) is 71.4 Å². The monoisotopic (exact) mass is 421 g/mol. The molecule has 1 N–H and O–H groups in total. The molecule has 3 amide bonds. The maximum Gasteiger partial charge on any atom is 0.257 e. The molecule has 0 spiro atoms. The summed E-state index contributed by atoms with van der Waals surface area (Å²) in [5.74, 6) is -0.971. The Morgan fingerprint density at radius 2 is 1.43 bits per heavy atom. The van der Waals surface area contributed by atoms with Gasteiger partial charge in [-0.2, -0.15) is 0 Å². The molecule has 0 bridgehead atoms. The summed E-state index contributed by atoms with van der Waals surface area (Å²) in [4.78, 5) is 37.9. The van der Waals surface area contributed by atoms with Gasteiger partial charge in [0.05, 0.1) is 16.3 Å². The Morgan fingerprint density at radius 3 is 2.03 bits per heavy atom. The van der Waals surface area contributed by atoms with Crippen LogP contribution in [0.3, 0.4) is 0 Å². The van der Waals surface area contributed by atoms with Crippen LogP contribution in [0.2, 0.25) is 5.02 Å². The van der Waals surface area contributed by atoms with Gasteiger partial charge in [0.1, 0.15) is 0 Å². The van der Waals surface area contributed by atoms with Crippen molar-refractivity contribution in [2.75, 3.05) is 10.2 Å². The van der Waals surface area contributed by atoms with Gasteiger partial charge in [0.2, 0.25) is 11.8 Å². The van der Waals surface area contributed by atoms with Crippen molar-refractivity contribution in [3.05, 3.63) is 76.6 Å². The first kappa shape index (κ1) is 19.9. The molecule has 0 radical (unpaired) electrons. The normalized spacial score (nSPS) is 13.8. The van der Waals surface area contributed by atoms with Crippen molar-refractivity contribution in [3.63, 3.8) is 0 Å². The molecule has 2 aromatic carbocycles. The number of rotatable bonds is 4. The molecule has 1 aromatic heterocycles. The smallest absolute Gasteiger partial charge is 0.257 e. The standard InChI is InChI=1S/C23H20ClN3O3/c1-14-3-4-15(2)26(14)17-7-5-16(6-8-17)25-23(30)19-13-18(9-10-20(19)24)27-21(28)11-12-22(27)29/h3-10,13H,11-12H2,1-2H3,(H,25,30). The largest absolute Gasteiger partial charge is 0.322 e. The first-order valence-electron chi connectivity index (χ1n) is 9.57. The van der Waals surface area contributed by atoms with Crippen molar-refractivity contribution in [2.24, 2.45) is 0 Å². The number of hydrogen-bond acceptors (Lipinski definition) is 3. The zero-order valence-corrected chi connectivity index (χ0v) is 17.4. The van der Waals surface area contributed by atoms with Gasteiger partial charge in [-0.3, -0.25) is 19.3 Å². The first-order valence-corrected chi connectivity index (χ1v) is 9.95. The number of carbonyl (C=O) groups is 3. The third-order valence-electron chi connectivity index (χ3n) is 5.16. The number of halogens is 1. The lowest BCUT2D eigenvalue weighted by Crippen LogP contribution is -2.28. The van der Waals surface area contributed by atoms with Crippen molar-refractivity contribution in [3.8, 4) is 5.69 Å². The van der Waals surface area contributed by atoms with E-state index in [2.05, 4.69) is 22.0 Å². The fourth-order valence-corrected chi connectivity index (χ4v) is 3.86. The molecule has 1 fully saturated rings. The van der Waals surface area contributed by atoms with Crippen molar-refractivity contribution in [1.29, 1.82) is 0 Å². The molecule has 7 heteroatoms. The van der Waals surface area contributed by atoms with Gasteiger partial charge in [0.25, 0.3) is 5.91 Å². The average Bonchev–Trinajstić information content (AvgIpc) is 3.24. The van der Waals surface area contributed by atoms with E-state index in [1.165, 1.54) is 12.1 Å². The van der Waals surface area contributed by atoms with E-state index in [0.29, 0.717) is 11.4 Å². The predicted octanol–water partition coefficient (Wildman–Crippen LogP) is 4.65. The zero-order valence-electron chi connectivity index (χ0n) is 16.6. The summed E-state index contributed by atoms with van der Waals surface area (Å²) in [7, 11) is 0. The fraction of sp³-hybridized carbons (Fsp3) is 0.174. The Kier molecular flexibility index (Phi) is 5.18.